The zero-order chi connectivity index (χ0) is 19.3. The quantitative estimate of drug-likeness (QED) is 0.531. The van der Waals surface area contributed by atoms with Gasteiger partial charge in [0.25, 0.3) is 15.9 Å². The van der Waals surface area contributed by atoms with E-state index in [2.05, 4.69) is 15.3 Å². The van der Waals surface area contributed by atoms with Crippen LogP contribution >= 0.6 is 11.8 Å². The van der Waals surface area contributed by atoms with Crippen molar-refractivity contribution in [1.82, 2.24) is 15.3 Å². The maximum Gasteiger partial charge on any atom is 0.265 e. The molecule has 2 N–H and O–H groups in total. The van der Waals surface area contributed by atoms with E-state index in [-0.39, 0.29) is 29.4 Å². The number of thioether (sulfide) groups is 1. The highest BCUT2D eigenvalue weighted by molar-refractivity contribution is 7.98. The van der Waals surface area contributed by atoms with Crippen molar-refractivity contribution in [2.75, 3.05) is 30.8 Å². The third-order valence-electron chi connectivity index (χ3n) is 3.55. The molecule has 2 rings (SSSR count). The Bertz CT molecular complexity index is 886. The first-order chi connectivity index (χ1) is 12.3. The molecule has 8 nitrogen and oxygen atoms in total. The van der Waals surface area contributed by atoms with Crippen LogP contribution in [0.25, 0.3) is 0 Å². The monoisotopic (exact) mass is 396 g/mol. The number of aliphatic hydroxyl groups excluding tert-OH is 1. The molecule has 1 amide bonds. The van der Waals surface area contributed by atoms with Crippen molar-refractivity contribution >= 4 is 33.5 Å². The smallest absolute Gasteiger partial charge is 0.265 e. The van der Waals surface area contributed by atoms with Gasteiger partial charge in [-0.15, -0.1) is 0 Å². The number of benzene rings is 1. The Labute approximate surface area is 156 Å². The average molecular weight is 396 g/mol. The molecule has 26 heavy (non-hydrogen) atoms. The van der Waals surface area contributed by atoms with E-state index in [1.807, 2.05) is 6.92 Å². The van der Waals surface area contributed by atoms with Gasteiger partial charge in [-0.05, 0) is 25.3 Å². The summed E-state index contributed by atoms with van der Waals surface area (Å²) in [5.41, 5.74) is 0.941. The van der Waals surface area contributed by atoms with Crippen molar-refractivity contribution in [1.29, 1.82) is 0 Å². The molecule has 10 heteroatoms. The second-order valence-corrected chi connectivity index (χ2v) is 8.10. The van der Waals surface area contributed by atoms with Crippen LogP contribution < -0.4 is 9.62 Å². The molecule has 1 aromatic heterocycles. The molecule has 0 bridgehead atoms. The number of carbonyl (C=O) groups is 1. The lowest BCUT2D eigenvalue weighted by molar-refractivity contribution is 0.0944. The SMILES string of the molecule is CSc1ncc(C(=O)NCCO)c(N(C)S(=O)(=O)c2ccc(C)cc2)n1. The summed E-state index contributed by atoms with van der Waals surface area (Å²) in [6.45, 7) is 1.66. The molecule has 0 fully saturated rings. The normalized spacial score (nSPS) is 11.2. The lowest BCUT2D eigenvalue weighted by atomic mass is 10.2. The number of carbonyl (C=O) groups excluding carboxylic acids is 1. The highest BCUT2D eigenvalue weighted by Crippen LogP contribution is 2.25. The topological polar surface area (TPSA) is 112 Å². The molecule has 0 unspecified atom stereocenters. The van der Waals surface area contributed by atoms with Crippen LogP contribution in [0.4, 0.5) is 5.82 Å². The number of nitrogens with one attached hydrogen (secondary N) is 1. The summed E-state index contributed by atoms with van der Waals surface area (Å²) in [4.78, 5) is 20.6. The zero-order valence-electron chi connectivity index (χ0n) is 14.6. The largest absolute Gasteiger partial charge is 0.395 e. The number of aromatic nitrogens is 2. The molecule has 0 aliphatic rings. The van der Waals surface area contributed by atoms with Gasteiger partial charge in [0, 0.05) is 19.8 Å². The van der Waals surface area contributed by atoms with Crippen molar-refractivity contribution < 1.29 is 18.3 Å². The van der Waals surface area contributed by atoms with E-state index in [0.717, 1.165) is 9.87 Å². The van der Waals surface area contributed by atoms with Crippen molar-refractivity contribution in [2.45, 2.75) is 17.0 Å². The number of anilines is 1. The van der Waals surface area contributed by atoms with E-state index in [4.69, 9.17) is 5.11 Å². The fourth-order valence-electron chi connectivity index (χ4n) is 2.10. The summed E-state index contributed by atoms with van der Waals surface area (Å²) in [7, 11) is -2.57. The number of nitrogens with zero attached hydrogens (tertiary/aromatic N) is 3. The Morgan fingerprint density at radius 3 is 2.54 bits per heavy atom. The van der Waals surface area contributed by atoms with E-state index < -0.39 is 15.9 Å². The van der Waals surface area contributed by atoms with Crippen LogP contribution in [-0.2, 0) is 10.0 Å². The molecule has 1 aromatic carbocycles. The van der Waals surface area contributed by atoms with Gasteiger partial charge in [-0.25, -0.2) is 18.4 Å². The third-order valence-corrected chi connectivity index (χ3v) is 5.87. The van der Waals surface area contributed by atoms with Gasteiger partial charge in [0.2, 0.25) is 0 Å². The highest BCUT2D eigenvalue weighted by Gasteiger charge is 2.27. The molecular weight excluding hydrogens is 376 g/mol. The van der Waals surface area contributed by atoms with E-state index in [1.54, 1.807) is 18.4 Å². The molecule has 2 aromatic rings. The average Bonchev–Trinajstić information content (AvgIpc) is 2.65. The molecule has 0 radical (unpaired) electrons. The number of hydrogen-bond acceptors (Lipinski definition) is 7. The first-order valence-electron chi connectivity index (χ1n) is 7.67. The van der Waals surface area contributed by atoms with Gasteiger partial charge in [0.05, 0.1) is 11.5 Å². The fourth-order valence-corrected chi connectivity index (χ4v) is 3.60. The van der Waals surface area contributed by atoms with E-state index >= 15 is 0 Å². The van der Waals surface area contributed by atoms with E-state index in [1.165, 1.54) is 37.1 Å². The van der Waals surface area contributed by atoms with Crippen LogP contribution in [0.2, 0.25) is 0 Å². The fraction of sp³-hybridized carbons (Fsp3) is 0.312. The van der Waals surface area contributed by atoms with Gasteiger partial charge in [0.1, 0.15) is 5.56 Å². The van der Waals surface area contributed by atoms with Gasteiger partial charge in [0.15, 0.2) is 11.0 Å². The Balaban J connectivity index is 2.50. The number of aliphatic hydroxyl groups is 1. The summed E-state index contributed by atoms with van der Waals surface area (Å²) in [5, 5.41) is 11.7. The maximum atomic E-state index is 12.9. The Morgan fingerprint density at radius 1 is 1.31 bits per heavy atom. The van der Waals surface area contributed by atoms with Gasteiger partial charge < -0.3 is 10.4 Å². The molecule has 0 saturated heterocycles. The second-order valence-electron chi connectivity index (χ2n) is 5.36. The summed E-state index contributed by atoms with van der Waals surface area (Å²) in [5.74, 6) is -0.590. The van der Waals surface area contributed by atoms with Crippen LogP contribution in [0.15, 0.2) is 40.5 Å². The minimum atomic E-state index is -3.91. The molecule has 0 spiro atoms. The third kappa shape index (κ3) is 4.32. The van der Waals surface area contributed by atoms with Crippen LogP contribution in [-0.4, -0.2) is 55.9 Å². The summed E-state index contributed by atoms with van der Waals surface area (Å²) >= 11 is 1.23. The molecule has 1 heterocycles. The standard InChI is InChI=1S/C16H20N4O4S2/c1-11-4-6-12(7-5-11)26(23,24)20(2)14-13(15(22)17-8-9-21)10-18-16(19-14)25-3/h4-7,10,21H,8-9H2,1-3H3,(H,17,22). The van der Waals surface area contributed by atoms with Crippen molar-refractivity contribution in [3.63, 3.8) is 0 Å². The number of amides is 1. The Hall–Kier alpha value is -2.17. The Morgan fingerprint density at radius 2 is 1.96 bits per heavy atom. The number of sulfonamides is 1. The predicted octanol–water partition coefficient (Wildman–Crippen LogP) is 1.05. The van der Waals surface area contributed by atoms with Crippen LogP contribution in [0.3, 0.4) is 0 Å². The number of hydrogen-bond donors (Lipinski definition) is 2. The van der Waals surface area contributed by atoms with Crippen molar-refractivity contribution in [2.24, 2.45) is 0 Å². The first-order valence-corrected chi connectivity index (χ1v) is 10.3. The zero-order valence-corrected chi connectivity index (χ0v) is 16.3. The number of aryl methyl sites for hydroxylation is 1. The van der Waals surface area contributed by atoms with Crippen LogP contribution in [0, 0.1) is 6.92 Å². The minimum Gasteiger partial charge on any atom is -0.395 e. The van der Waals surface area contributed by atoms with E-state index in [9.17, 15) is 13.2 Å². The maximum absolute atomic E-state index is 12.9. The Kier molecular flexibility index (Phi) is 6.57. The molecule has 0 saturated carbocycles. The summed E-state index contributed by atoms with van der Waals surface area (Å²) in [6.07, 6.45) is 3.03. The molecule has 0 aliphatic heterocycles. The van der Waals surface area contributed by atoms with Gasteiger partial charge in [-0.3, -0.25) is 9.10 Å². The minimum absolute atomic E-state index is 0.00874. The van der Waals surface area contributed by atoms with Crippen molar-refractivity contribution in [3.8, 4) is 0 Å². The highest BCUT2D eigenvalue weighted by atomic mass is 32.2. The number of rotatable bonds is 7. The van der Waals surface area contributed by atoms with Crippen molar-refractivity contribution in [3.05, 3.63) is 41.6 Å². The molecule has 0 atom stereocenters. The summed E-state index contributed by atoms with van der Waals surface area (Å²) < 4.78 is 26.8. The van der Waals surface area contributed by atoms with E-state index in [0.29, 0.717) is 5.16 Å². The first kappa shape index (κ1) is 20.1. The predicted molar refractivity (Wildman–Crippen MR) is 100.0 cm³/mol. The van der Waals surface area contributed by atoms with Crippen LogP contribution in [0.1, 0.15) is 15.9 Å². The van der Waals surface area contributed by atoms with Gasteiger partial charge >= 0.3 is 0 Å². The van der Waals surface area contributed by atoms with Crippen LogP contribution in [0.5, 0.6) is 0 Å². The van der Waals surface area contributed by atoms with Gasteiger partial charge in [-0.1, -0.05) is 29.5 Å². The van der Waals surface area contributed by atoms with Gasteiger partial charge in [-0.2, -0.15) is 0 Å². The second kappa shape index (κ2) is 8.47. The lowest BCUT2D eigenvalue weighted by Crippen LogP contribution is -2.33. The summed E-state index contributed by atoms with van der Waals surface area (Å²) in [6, 6.07) is 6.40. The molecular formula is C16H20N4O4S2. The lowest BCUT2D eigenvalue weighted by Gasteiger charge is -2.21. The molecule has 140 valence electrons. The molecule has 0 aliphatic carbocycles.